The summed E-state index contributed by atoms with van der Waals surface area (Å²) in [5, 5.41) is 7.03. The van der Waals surface area contributed by atoms with E-state index in [2.05, 4.69) is 20.4 Å². The Balaban J connectivity index is 1.44. The van der Waals surface area contributed by atoms with Gasteiger partial charge in [0, 0.05) is 24.3 Å². The van der Waals surface area contributed by atoms with E-state index in [4.69, 9.17) is 8.94 Å². The van der Waals surface area contributed by atoms with Crippen molar-refractivity contribution in [1.29, 1.82) is 0 Å². The summed E-state index contributed by atoms with van der Waals surface area (Å²) in [6.45, 7) is 7.97. The van der Waals surface area contributed by atoms with E-state index >= 15 is 0 Å². The van der Waals surface area contributed by atoms with Crippen molar-refractivity contribution in [3.8, 4) is 22.8 Å². The highest BCUT2D eigenvalue weighted by Gasteiger charge is 2.18. The van der Waals surface area contributed by atoms with Gasteiger partial charge in [-0.2, -0.15) is 4.98 Å². The number of aryl methyl sites for hydroxylation is 3. The first-order valence-electron chi connectivity index (χ1n) is 10.7. The van der Waals surface area contributed by atoms with Crippen LogP contribution in [-0.2, 0) is 11.2 Å². The Morgan fingerprint density at radius 1 is 1.09 bits per heavy atom. The predicted molar refractivity (Wildman–Crippen MR) is 122 cm³/mol. The van der Waals surface area contributed by atoms with E-state index in [1.165, 1.54) is 5.56 Å². The SMILES string of the molecule is Cc1ccc(-c2cnc(CCC(=O)Nc3c(C)cccc3-c3nc(C(C)C)no3)o2)cc1. The van der Waals surface area contributed by atoms with Gasteiger partial charge in [-0.05, 0) is 25.5 Å². The number of amides is 1. The molecule has 0 aliphatic rings. The summed E-state index contributed by atoms with van der Waals surface area (Å²) >= 11 is 0. The van der Waals surface area contributed by atoms with Crippen LogP contribution in [0.4, 0.5) is 5.69 Å². The summed E-state index contributed by atoms with van der Waals surface area (Å²) in [6.07, 6.45) is 2.33. The van der Waals surface area contributed by atoms with Crippen LogP contribution in [0.1, 0.15) is 49.0 Å². The topological polar surface area (TPSA) is 94.1 Å². The first-order chi connectivity index (χ1) is 15.4. The Morgan fingerprint density at radius 3 is 2.59 bits per heavy atom. The predicted octanol–water partition coefficient (Wildman–Crippen LogP) is 5.70. The number of hydrogen-bond acceptors (Lipinski definition) is 6. The fraction of sp³-hybridized carbons (Fsp3) is 0.280. The highest BCUT2D eigenvalue weighted by atomic mass is 16.5. The molecular weight excluding hydrogens is 404 g/mol. The third kappa shape index (κ3) is 4.77. The zero-order chi connectivity index (χ0) is 22.7. The molecule has 0 aliphatic carbocycles. The number of para-hydroxylation sites is 1. The summed E-state index contributed by atoms with van der Waals surface area (Å²) in [5.74, 6) is 2.26. The van der Waals surface area contributed by atoms with Crippen LogP contribution in [0.25, 0.3) is 22.8 Å². The standard InChI is InChI=1S/C25H26N4O3/c1-15(2)24-28-25(32-29-24)19-7-5-6-17(4)23(19)27-21(30)12-13-22-26-14-20(31-22)18-10-8-16(3)9-11-18/h5-11,14-15H,12-13H2,1-4H3,(H,27,30). The number of anilines is 1. The molecular formula is C25H26N4O3. The molecule has 0 unspecified atom stereocenters. The third-order valence-corrected chi connectivity index (χ3v) is 5.18. The fourth-order valence-electron chi connectivity index (χ4n) is 3.29. The van der Waals surface area contributed by atoms with E-state index in [1.54, 1.807) is 6.20 Å². The van der Waals surface area contributed by atoms with Gasteiger partial charge in [-0.15, -0.1) is 0 Å². The van der Waals surface area contributed by atoms with E-state index in [0.29, 0.717) is 41.0 Å². The molecule has 2 aromatic heterocycles. The van der Waals surface area contributed by atoms with Crippen LogP contribution in [-0.4, -0.2) is 21.0 Å². The van der Waals surface area contributed by atoms with Crippen LogP contribution >= 0.6 is 0 Å². The number of oxazole rings is 1. The van der Waals surface area contributed by atoms with Gasteiger partial charge in [-0.3, -0.25) is 4.79 Å². The molecule has 0 spiro atoms. The maximum Gasteiger partial charge on any atom is 0.260 e. The van der Waals surface area contributed by atoms with Crippen LogP contribution in [0, 0.1) is 13.8 Å². The molecule has 7 nitrogen and oxygen atoms in total. The minimum absolute atomic E-state index is 0.140. The average molecular weight is 431 g/mol. The number of nitrogens with zero attached hydrogens (tertiary/aromatic N) is 3. The lowest BCUT2D eigenvalue weighted by Gasteiger charge is -2.11. The molecule has 1 N–H and O–H groups in total. The Labute approximate surface area is 186 Å². The van der Waals surface area contributed by atoms with Crippen molar-refractivity contribution in [2.24, 2.45) is 0 Å². The van der Waals surface area contributed by atoms with Crippen molar-refractivity contribution >= 4 is 11.6 Å². The molecule has 0 atom stereocenters. The van der Waals surface area contributed by atoms with Crippen molar-refractivity contribution in [1.82, 2.24) is 15.1 Å². The van der Waals surface area contributed by atoms with Crippen LogP contribution in [0.15, 0.2) is 57.6 Å². The monoisotopic (exact) mass is 430 g/mol. The lowest BCUT2D eigenvalue weighted by molar-refractivity contribution is -0.116. The number of aromatic nitrogens is 3. The lowest BCUT2D eigenvalue weighted by Crippen LogP contribution is -2.14. The van der Waals surface area contributed by atoms with Crippen molar-refractivity contribution in [2.45, 2.75) is 46.5 Å². The maximum atomic E-state index is 12.7. The van der Waals surface area contributed by atoms with Gasteiger partial charge in [0.15, 0.2) is 17.5 Å². The first kappa shape index (κ1) is 21.5. The molecule has 4 rings (SSSR count). The molecule has 2 heterocycles. The van der Waals surface area contributed by atoms with Crippen molar-refractivity contribution in [3.63, 3.8) is 0 Å². The van der Waals surface area contributed by atoms with Crippen molar-refractivity contribution < 1.29 is 13.7 Å². The molecule has 0 saturated heterocycles. The maximum absolute atomic E-state index is 12.7. The molecule has 0 fully saturated rings. The van der Waals surface area contributed by atoms with Crippen LogP contribution in [0.2, 0.25) is 0 Å². The second-order valence-electron chi connectivity index (χ2n) is 8.14. The molecule has 2 aromatic carbocycles. The highest BCUT2D eigenvalue weighted by Crippen LogP contribution is 2.31. The number of nitrogens with one attached hydrogen (secondary N) is 1. The van der Waals surface area contributed by atoms with Crippen LogP contribution in [0.3, 0.4) is 0 Å². The minimum Gasteiger partial charge on any atom is -0.441 e. The summed E-state index contributed by atoms with van der Waals surface area (Å²) in [7, 11) is 0. The summed E-state index contributed by atoms with van der Waals surface area (Å²) in [4.78, 5) is 21.5. The van der Waals surface area contributed by atoms with Crippen molar-refractivity contribution in [2.75, 3.05) is 5.32 Å². The minimum atomic E-state index is -0.140. The number of carbonyl (C=O) groups is 1. The summed E-state index contributed by atoms with van der Waals surface area (Å²) in [6, 6.07) is 13.7. The van der Waals surface area contributed by atoms with Gasteiger partial charge in [-0.25, -0.2) is 4.98 Å². The largest absolute Gasteiger partial charge is 0.441 e. The van der Waals surface area contributed by atoms with E-state index in [-0.39, 0.29) is 18.2 Å². The molecule has 32 heavy (non-hydrogen) atoms. The number of rotatable bonds is 7. The third-order valence-electron chi connectivity index (χ3n) is 5.18. The van der Waals surface area contributed by atoms with E-state index in [9.17, 15) is 4.79 Å². The molecule has 0 radical (unpaired) electrons. The van der Waals surface area contributed by atoms with E-state index in [1.807, 2.05) is 70.2 Å². The Hall–Kier alpha value is -3.74. The molecule has 0 saturated carbocycles. The smallest absolute Gasteiger partial charge is 0.260 e. The molecule has 0 aliphatic heterocycles. The quantitative estimate of drug-likeness (QED) is 0.404. The van der Waals surface area contributed by atoms with Gasteiger partial charge in [-0.1, -0.05) is 61.0 Å². The Morgan fingerprint density at radius 2 is 1.88 bits per heavy atom. The first-order valence-corrected chi connectivity index (χ1v) is 10.7. The van der Waals surface area contributed by atoms with E-state index in [0.717, 1.165) is 11.1 Å². The van der Waals surface area contributed by atoms with Gasteiger partial charge in [0.05, 0.1) is 17.4 Å². The highest BCUT2D eigenvalue weighted by molar-refractivity contribution is 5.95. The Kier molecular flexibility index (Phi) is 6.16. The molecule has 164 valence electrons. The molecule has 1 amide bonds. The normalized spacial score (nSPS) is 11.2. The van der Waals surface area contributed by atoms with Gasteiger partial charge in [0.2, 0.25) is 5.91 Å². The van der Waals surface area contributed by atoms with Gasteiger partial charge >= 0.3 is 0 Å². The van der Waals surface area contributed by atoms with Crippen LogP contribution in [0.5, 0.6) is 0 Å². The number of hydrogen-bond donors (Lipinski definition) is 1. The van der Waals surface area contributed by atoms with Gasteiger partial charge < -0.3 is 14.3 Å². The zero-order valence-electron chi connectivity index (χ0n) is 18.7. The number of carbonyl (C=O) groups excluding carboxylic acids is 1. The molecule has 4 aromatic rings. The average Bonchev–Trinajstić information content (AvgIpc) is 3.44. The van der Waals surface area contributed by atoms with Gasteiger partial charge in [0.1, 0.15) is 0 Å². The summed E-state index contributed by atoms with van der Waals surface area (Å²) < 4.78 is 11.3. The van der Waals surface area contributed by atoms with Gasteiger partial charge in [0.25, 0.3) is 5.89 Å². The van der Waals surface area contributed by atoms with Crippen molar-refractivity contribution in [3.05, 3.63) is 71.5 Å². The molecule has 0 bridgehead atoms. The zero-order valence-corrected chi connectivity index (χ0v) is 18.7. The second kappa shape index (κ2) is 9.18. The second-order valence-corrected chi connectivity index (χ2v) is 8.14. The van der Waals surface area contributed by atoms with E-state index < -0.39 is 0 Å². The summed E-state index contributed by atoms with van der Waals surface area (Å²) in [5.41, 5.74) is 4.43. The van der Waals surface area contributed by atoms with Crippen LogP contribution < -0.4 is 5.32 Å². The Bertz CT molecular complexity index is 1220. The number of benzene rings is 2. The lowest BCUT2D eigenvalue weighted by atomic mass is 10.1. The molecule has 7 heteroatoms. The fourth-order valence-corrected chi connectivity index (χ4v) is 3.29.